The van der Waals surface area contributed by atoms with E-state index < -0.39 is 0 Å². The van der Waals surface area contributed by atoms with Crippen LogP contribution in [0.25, 0.3) is 0 Å². The van der Waals surface area contributed by atoms with Gasteiger partial charge in [0.05, 0.1) is 0 Å². The number of esters is 1. The van der Waals surface area contributed by atoms with Gasteiger partial charge in [0.15, 0.2) is 0 Å². The lowest BCUT2D eigenvalue weighted by Gasteiger charge is -2.34. The van der Waals surface area contributed by atoms with Crippen LogP contribution in [0.15, 0.2) is 30.3 Å². The van der Waals surface area contributed by atoms with Crippen molar-refractivity contribution in [1.82, 2.24) is 0 Å². The fourth-order valence-electron chi connectivity index (χ4n) is 3.78. The molecule has 2 aliphatic carbocycles. The summed E-state index contributed by atoms with van der Waals surface area (Å²) in [5, 5.41) is 0. The number of benzene rings is 1. The van der Waals surface area contributed by atoms with Gasteiger partial charge in [-0.25, -0.2) is 0 Å². The van der Waals surface area contributed by atoms with Gasteiger partial charge in [-0.05, 0) is 37.2 Å². The van der Waals surface area contributed by atoms with Crippen LogP contribution in [0.5, 0.6) is 0 Å². The van der Waals surface area contributed by atoms with Gasteiger partial charge >= 0.3 is 5.97 Å². The second-order valence-corrected chi connectivity index (χ2v) is 5.46. The maximum atomic E-state index is 11.2. The van der Waals surface area contributed by atoms with Crippen molar-refractivity contribution in [2.75, 3.05) is 0 Å². The van der Waals surface area contributed by atoms with Gasteiger partial charge in [-0.2, -0.15) is 0 Å². The Morgan fingerprint density at radius 1 is 1.35 bits per heavy atom. The predicted octanol–water partition coefficient (Wildman–Crippen LogP) is 3.06. The Morgan fingerprint density at radius 3 is 2.76 bits per heavy atom. The van der Waals surface area contributed by atoms with Crippen molar-refractivity contribution in [2.45, 2.75) is 44.1 Å². The van der Waals surface area contributed by atoms with E-state index in [1.807, 2.05) is 6.07 Å². The third-order valence-corrected chi connectivity index (χ3v) is 4.47. The maximum absolute atomic E-state index is 11.2. The molecule has 0 spiro atoms. The maximum Gasteiger partial charge on any atom is 0.302 e. The molecule has 3 atom stereocenters. The highest BCUT2D eigenvalue weighted by Gasteiger charge is 2.54. The molecule has 0 radical (unpaired) electrons. The zero-order valence-corrected chi connectivity index (χ0v) is 10.2. The highest BCUT2D eigenvalue weighted by molar-refractivity contribution is 5.66. The fraction of sp³-hybridized carbons (Fsp3) is 0.533. The van der Waals surface area contributed by atoms with E-state index in [0.717, 1.165) is 12.3 Å². The highest BCUT2D eigenvalue weighted by Crippen LogP contribution is 2.56. The molecular formula is C15H18O2. The Morgan fingerprint density at radius 2 is 2.12 bits per heavy atom. The topological polar surface area (TPSA) is 26.3 Å². The SMILES string of the molecule is CC(=O)O[C@H]1C[C@@H]2CC[C@]1(c1ccccc1)C2. The highest BCUT2D eigenvalue weighted by atomic mass is 16.5. The molecule has 0 unspecified atom stereocenters. The van der Waals surface area contributed by atoms with Gasteiger partial charge in [-0.15, -0.1) is 0 Å². The second kappa shape index (κ2) is 3.86. The number of ether oxygens (including phenoxy) is 1. The Kier molecular flexibility index (Phi) is 2.46. The molecule has 2 nitrogen and oxygen atoms in total. The number of fused-ring (bicyclic) bond motifs is 2. The van der Waals surface area contributed by atoms with Crippen LogP contribution in [0.4, 0.5) is 0 Å². The lowest BCUT2D eigenvalue weighted by atomic mass is 9.75. The largest absolute Gasteiger partial charge is 0.462 e. The van der Waals surface area contributed by atoms with E-state index in [4.69, 9.17) is 4.74 Å². The van der Waals surface area contributed by atoms with Gasteiger partial charge in [0.25, 0.3) is 0 Å². The van der Waals surface area contributed by atoms with E-state index in [9.17, 15) is 4.79 Å². The average molecular weight is 230 g/mol. The van der Waals surface area contributed by atoms with Gasteiger partial charge in [0.1, 0.15) is 6.10 Å². The molecule has 0 amide bonds. The van der Waals surface area contributed by atoms with Crippen molar-refractivity contribution in [3.8, 4) is 0 Å². The lowest BCUT2D eigenvalue weighted by Crippen LogP contribution is -2.37. The van der Waals surface area contributed by atoms with E-state index in [2.05, 4.69) is 24.3 Å². The summed E-state index contributed by atoms with van der Waals surface area (Å²) in [4.78, 5) is 11.2. The minimum absolute atomic E-state index is 0.0983. The van der Waals surface area contributed by atoms with Gasteiger partial charge in [0.2, 0.25) is 0 Å². The Labute approximate surface area is 102 Å². The van der Waals surface area contributed by atoms with E-state index >= 15 is 0 Å². The third-order valence-electron chi connectivity index (χ3n) is 4.47. The van der Waals surface area contributed by atoms with Crippen LogP contribution in [0.3, 0.4) is 0 Å². The summed E-state index contributed by atoms with van der Waals surface area (Å²) in [6.07, 6.45) is 4.79. The Bertz CT molecular complexity index is 426. The molecule has 3 rings (SSSR count). The van der Waals surface area contributed by atoms with Crippen molar-refractivity contribution >= 4 is 5.97 Å². The molecule has 2 saturated carbocycles. The number of hydrogen-bond acceptors (Lipinski definition) is 2. The second-order valence-electron chi connectivity index (χ2n) is 5.46. The van der Waals surface area contributed by atoms with Crippen molar-refractivity contribution in [1.29, 1.82) is 0 Å². The zero-order chi connectivity index (χ0) is 11.9. The summed E-state index contributed by atoms with van der Waals surface area (Å²) in [6, 6.07) is 10.6. The summed E-state index contributed by atoms with van der Waals surface area (Å²) in [7, 11) is 0. The Hall–Kier alpha value is -1.31. The van der Waals surface area contributed by atoms with E-state index in [1.54, 1.807) is 0 Å². The molecule has 0 heterocycles. The molecule has 2 fully saturated rings. The minimum atomic E-state index is -0.141. The van der Waals surface area contributed by atoms with Gasteiger partial charge in [-0.1, -0.05) is 30.3 Å². The minimum Gasteiger partial charge on any atom is -0.462 e. The van der Waals surface area contributed by atoms with Gasteiger partial charge in [-0.3, -0.25) is 4.79 Å². The van der Waals surface area contributed by atoms with E-state index in [0.29, 0.717) is 0 Å². The van der Waals surface area contributed by atoms with Crippen LogP contribution in [0, 0.1) is 5.92 Å². The summed E-state index contributed by atoms with van der Waals surface area (Å²) in [6.45, 7) is 1.52. The summed E-state index contributed by atoms with van der Waals surface area (Å²) >= 11 is 0. The fourth-order valence-corrected chi connectivity index (χ4v) is 3.78. The van der Waals surface area contributed by atoms with Crippen molar-refractivity contribution in [3.05, 3.63) is 35.9 Å². The first-order valence-electron chi connectivity index (χ1n) is 6.43. The molecule has 2 heteroatoms. The molecule has 1 aromatic rings. The van der Waals surface area contributed by atoms with Crippen LogP contribution in [0.1, 0.15) is 38.2 Å². The van der Waals surface area contributed by atoms with Crippen molar-refractivity contribution in [2.24, 2.45) is 5.92 Å². The molecule has 0 aromatic heterocycles. The molecule has 90 valence electrons. The first-order chi connectivity index (χ1) is 8.21. The van der Waals surface area contributed by atoms with Gasteiger partial charge in [0, 0.05) is 12.3 Å². The lowest BCUT2D eigenvalue weighted by molar-refractivity contribution is -0.149. The predicted molar refractivity (Wildman–Crippen MR) is 65.6 cm³/mol. The van der Waals surface area contributed by atoms with Gasteiger partial charge < -0.3 is 4.74 Å². The smallest absolute Gasteiger partial charge is 0.302 e. The van der Waals surface area contributed by atoms with Crippen LogP contribution < -0.4 is 0 Å². The molecule has 17 heavy (non-hydrogen) atoms. The summed E-state index contributed by atoms with van der Waals surface area (Å²) < 4.78 is 5.56. The first-order valence-corrected chi connectivity index (χ1v) is 6.43. The summed E-state index contributed by atoms with van der Waals surface area (Å²) in [5.74, 6) is 0.609. The number of rotatable bonds is 2. The van der Waals surface area contributed by atoms with E-state index in [-0.39, 0.29) is 17.5 Å². The third kappa shape index (κ3) is 1.67. The molecule has 1 aromatic carbocycles. The average Bonchev–Trinajstić information content (AvgIpc) is 2.88. The van der Waals surface area contributed by atoms with Crippen LogP contribution in [0.2, 0.25) is 0 Å². The normalized spacial score (nSPS) is 34.9. The molecule has 2 aliphatic rings. The Balaban J connectivity index is 1.95. The van der Waals surface area contributed by atoms with E-state index in [1.165, 1.54) is 31.7 Å². The number of carbonyl (C=O) groups is 1. The molecule has 0 N–H and O–H groups in total. The number of hydrogen-bond donors (Lipinski definition) is 0. The first kappa shape index (κ1) is 10.8. The molecule has 0 aliphatic heterocycles. The monoisotopic (exact) mass is 230 g/mol. The van der Waals surface area contributed by atoms with Crippen molar-refractivity contribution < 1.29 is 9.53 Å². The molecule has 0 saturated heterocycles. The molecular weight excluding hydrogens is 212 g/mol. The summed E-state index contributed by atoms with van der Waals surface area (Å²) in [5.41, 5.74) is 1.46. The van der Waals surface area contributed by atoms with Crippen LogP contribution in [-0.4, -0.2) is 12.1 Å². The van der Waals surface area contributed by atoms with Crippen LogP contribution >= 0.6 is 0 Å². The molecule has 2 bridgehead atoms. The standard InChI is InChI=1S/C15H18O2/c1-11(16)17-14-9-12-7-8-15(14,10-12)13-5-3-2-4-6-13/h2-6,12,14H,7-10H2,1H3/t12-,14-,15+/m0/s1. The van der Waals surface area contributed by atoms with Crippen LogP contribution in [-0.2, 0) is 14.9 Å². The quantitative estimate of drug-likeness (QED) is 0.730. The number of carbonyl (C=O) groups excluding carboxylic acids is 1. The van der Waals surface area contributed by atoms with Crippen molar-refractivity contribution in [3.63, 3.8) is 0 Å². The zero-order valence-electron chi connectivity index (χ0n) is 10.2.